The molecule has 0 radical (unpaired) electrons. The molecule has 3 heterocycles. The lowest BCUT2D eigenvalue weighted by Crippen LogP contribution is -2.28. The van der Waals surface area contributed by atoms with Crippen molar-refractivity contribution in [3.05, 3.63) is 92.7 Å². The number of aryl methyl sites for hydroxylation is 1. The average Bonchev–Trinajstić information content (AvgIpc) is 2.80. The minimum absolute atomic E-state index is 0.111. The number of hydrogen-bond donors (Lipinski definition) is 2. The fourth-order valence-corrected chi connectivity index (χ4v) is 4.23. The van der Waals surface area contributed by atoms with Gasteiger partial charge in [-0.15, -0.1) is 0 Å². The summed E-state index contributed by atoms with van der Waals surface area (Å²) in [5, 5.41) is 4.65. The predicted octanol–water partition coefficient (Wildman–Crippen LogP) is 4.65. The molecule has 0 aliphatic carbocycles. The van der Waals surface area contributed by atoms with Gasteiger partial charge in [-0.3, -0.25) is 14.6 Å². The van der Waals surface area contributed by atoms with Crippen LogP contribution < -0.4 is 22.2 Å². The summed E-state index contributed by atoms with van der Waals surface area (Å²) < 4.78 is 3.26. The molecule has 4 aromatic rings. The first-order valence-corrected chi connectivity index (χ1v) is 11.0. The standard InChI is InChI=1S/C26H26N6O2/c1-15(2)32-21(16(3)30-25-24(28-4)20(27)11-12-29-25)13-17-7-6-8-19(23(17)26(32)34)18-9-10-22(33)31(5)14-18/h6-16H,1-3,5H3,(H3,27,29,30)/t16-/m0/s1. The lowest BCUT2D eigenvalue weighted by atomic mass is 9.98. The summed E-state index contributed by atoms with van der Waals surface area (Å²) >= 11 is 0. The number of anilines is 2. The quantitative estimate of drug-likeness (QED) is 0.428. The van der Waals surface area contributed by atoms with E-state index in [2.05, 4.69) is 15.1 Å². The van der Waals surface area contributed by atoms with Gasteiger partial charge in [-0.25, -0.2) is 4.85 Å². The number of fused-ring (bicyclic) bond motifs is 1. The minimum Gasteiger partial charge on any atom is -0.407 e. The molecule has 0 aliphatic heterocycles. The number of nitrogens with two attached hydrogens (primary N) is 1. The number of pyridine rings is 3. The Hall–Kier alpha value is -4.38. The van der Waals surface area contributed by atoms with Gasteiger partial charge in [-0.05, 0) is 55.5 Å². The molecule has 1 atom stereocenters. The molecule has 0 bridgehead atoms. The van der Waals surface area contributed by atoms with Gasteiger partial charge >= 0.3 is 0 Å². The molecule has 3 N–H and O–H groups in total. The summed E-state index contributed by atoms with van der Waals surface area (Å²) in [5.74, 6) is 0.379. The van der Waals surface area contributed by atoms with Crippen LogP contribution in [0, 0.1) is 6.57 Å². The van der Waals surface area contributed by atoms with Gasteiger partial charge in [0.25, 0.3) is 5.56 Å². The number of nitrogens with one attached hydrogen (secondary N) is 1. The summed E-state index contributed by atoms with van der Waals surface area (Å²) in [6, 6.07) is 12.1. The summed E-state index contributed by atoms with van der Waals surface area (Å²) in [6.07, 6.45) is 3.29. The minimum atomic E-state index is -0.324. The van der Waals surface area contributed by atoms with Gasteiger partial charge in [0, 0.05) is 42.9 Å². The molecule has 1 aromatic carbocycles. The Bertz CT molecular complexity index is 1560. The smallest absolute Gasteiger partial charge is 0.259 e. The Kier molecular flexibility index (Phi) is 5.95. The van der Waals surface area contributed by atoms with E-state index in [1.165, 1.54) is 10.6 Å². The normalized spacial score (nSPS) is 12.0. The molecule has 0 saturated heterocycles. The third kappa shape index (κ3) is 3.92. The third-order valence-electron chi connectivity index (χ3n) is 5.89. The van der Waals surface area contributed by atoms with Gasteiger partial charge in [0.15, 0.2) is 0 Å². The fraction of sp³-hybridized carbons (Fsp3) is 0.231. The maximum Gasteiger partial charge on any atom is 0.259 e. The Morgan fingerprint density at radius 3 is 2.56 bits per heavy atom. The van der Waals surface area contributed by atoms with Crippen molar-refractivity contribution in [1.29, 1.82) is 0 Å². The van der Waals surface area contributed by atoms with Gasteiger partial charge < -0.3 is 20.2 Å². The number of nitrogen functional groups attached to an aromatic ring is 1. The number of benzene rings is 1. The molecule has 0 spiro atoms. The molecular formula is C26H26N6O2. The topological polar surface area (TPSA) is 99.3 Å². The maximum absolute atomic E-state index is 13.9. The first-order chi connectivity index (χ1) is 16.2. The van der Waals surface area contributed by atoms with Crippen molar-refractivity contribution in [3.8, 4) is 11.1 Å². The van der Waals surface area contributed by atoms with E-state index >= 15 is 0 Å². The van der Waals surface area contributed by atoms with Crippen molar-refractivity contribution in [2.24, 2.45) is 7.05 Å². The maximum atomic E-state index is 13.9. The Labute approximate surface area is 197 Å². The second-order valence-corrected chi connectivity index (χ2v) is 8.55. The van der Waals surface area contributed by atoms with E-state index in [1.54, 1.807) is 36.1 Å². The molecule has 0 amide bonds. The molecule has 3 aromatic heterocycles. The van der Waals surface area contributed by atoms with Crippen LogP contribution in [-0.2, 0) is 7.05 Å². The molecule has 172 valence electrons. The lowest BCUT2D eigenvalue weighted by Gasteiger charge is -2.24. The highest BCUT2D eigenvalue weighted by atomic mass is 16.1. The lowest BCUT2D eigenvalue weighted by molar-refractivity contribution is 0.541. The van der Waals surface area contributed by atoms with Crippen molar-refractivity contribution in [2.75, 3.05) is 11.1 Å². The highest BCUT2D eigenvalue weighted by molar-refractivity contribution is 5.96. The molecular weight excluding hydrogens is 428 g/mol. The molecule has 4 rings (SSSR count). The number of hydrogen-bond acceptors (Lipinski definition) is 5. The van der Waals surface area contributed by atoms with Crippen molar-refractivity contribution in [3.63, 3.8) is 0 Å². The van der Waals surface area contributed by atoms with Crippen molar-refractivity contribution < 1.29 is 0 Å². The molecule has 0 saturated carbocycles. The van der Waals surface area contributed by atoms with Crippen LogP contribution in [-0.4, -0.2) is 14.1 Å². The molecule has 0 aliphatic rings. The zero-order valence-corrected chi connectivity index (χ0v) is 19.5. The Morgan fingerprint density at radius 1 is 1.12 bits per heavy atom. The molecule has 34 heavy (non-hydrogen) atoms. The highest BCUT2D eigenvalue weighted by Crippen LogP contribution is 2.33. The van der Waals surface area contributed by atoms with Gasteiger partial charge in [-0.1, -0.05) is 18.2 Å². The number of rotatable bonds is 5. The first-order valence-electron chi connectivity index (χ1n) is 11.0. The summed E-state index contributed by atoms with van der Waals surface area (Å²) in [6.45, 7) is 13.3. The van der Waals surface area contributed by atoms with Crippen LogP contribution in [0.1, 0.15) is 38.5 Å². The van der Waals surface area contributed by atoms with Crippen LogP contribution >= 0.6 is 0 Å². The summed E-state index contributed by atoms with van der Waals surface area (Å²) in [7, 11) is 1.69. The second kappa shape index (κ2) is 8.87. The van der Waals surface area contributed by atoms with E-state index < -0.39 is 0 Å². The van der Waals surface area contributed by atoms with Gasteiger partial charge in [0.1, 0.15) is 5.82 Å². The van der Waals surface area contributed by atoms with E-state index in [0.717, 1.165) is 22.2 Å². The van der Waals surface area contributed by atoms with Crippen LogP contribution in [0.3, 0.4) is 0 Å². The van der Waals surface area contributed by atoms with E-state index in [4.69, 9.17) is 12.3 Å². The molecule has 8 nitrogen and oxygen atoms in total. The Balaban J connectivity index is 1.91. The van der Waals surface area contributed by atoms with Crippen molar-refractivity contribution in [2.45, 2.75) is 32.9 Å². The molecule has 0 unspecified atom stereocenters. The van der Waals surface area contributed by atoms with Crippen LogP contribution in [0.15, 0.2) is 64.4 Å². The average molecular weight is 455 g/mol. The second-order valence-electron chi connectivity index (χ2n) is 8.55. The predicted molar refractivity (Wildman–Crippen MR) is 136 cm³/mol. The van der Waals surface area contributed by atoms with Crippen LogP contribution in [0.4, 0.5) is 17.2 Å². The van der Waals surface area contributed by atoms with Crippen molar-refractivity contribution in [1.82, 2.24) is 14.1 Å². The van der Waals surface area contributed by atoms with E-state index in [9.17, 15) is 9.59 Å². The van der Waals surface area contributed by atoms with E-state index in [1.807, 2.05) is 45.0 Å². The van der Waals surface area contributed by atoms with Crippen LogP contribution in [0.25, 0.3) is 26.7 Å². The highest BCUT2D eigenvalue weighted by Gasteiger charge is 2.20. The Morgan fingerprint density at radius 2 is 1.88 bits per heavy atom. The fourth-order valence-electron chi connectivity index (χ4n) is 4.23. The largest absolute Gasteiger partial charge is 0.407 e. The number of nitrogens with zero attached hydrogens (tertiary/aromatic N) is 4. The number of aromatic nitrogens is 3. The monoisotopic (exact) mass is 454 g/mol. The van der Waals surface area contributed by atoms with Gasteiger partial charge in [-0.2, -0.15) is 0 Å². The summed E-state index contributed by atoms with van der Waals surface area (Å²) in [5.41, 5.74) is 8.65. The first kappa shape index (κ1) is 22.8. The zero-order chi connectivity index (χ0) is 24.6. The third-order valence-corrected chi connectivity index (χ3v) is 5.89. The van der Waals surface area contributed by atoms with E-state index in [0.29, 0.717) is 16.9 Å². The van der Waals surface area contributed by atoms with E-state index in [-0.39, 0.29) is 28.9 Å². The zero-order valence-electron chi connectivity index (χ0n) is 19.5. The summed E-state index contributed by atoms with van der Waals surface area (Å²) in [4.78, 5) is 33.5. The SMILES string of the molecule is [C-]#[N+]c1c(N)ccnc1N[C@@H](C)c1cc2cccc(-c3ccc(=O)n(C)c3)c2c(=O)n1C(C)C. The van der Waals surface area contributed by atoms with Gasteiger partial charge in [0.05, 0.1) is 18.0 Å². The molecule has 0 fully saturated rings. The van der Waals surface area contributed by atoms with Crippen LogP contribution in [0.2, 0.25) is 0 Å². The van der Waals surface area contributed by atoms with Crippen LogP contribution in [0.5, 0.6) is 0 Å². The molecule has 8 heteroatoms. The van der Waals surface area contributed by atoms with Crippen molar-refractivity contribution >= 4 is 28.0 Å². The van der Waals surface area contributed by atoms with Gasteiger partial charge in [0.2, 0.25) is 11.2 Å².